The molecule has 0 unspecified atom stereocenters. The van der Waals surface area contributed by atoms with Crippen molar-refractivity contribution in [2.24, 2.45) is 5.16 Å². The molecular weight excluding hydrogens is 285 g/mol. The number of amides is 1. The number of anilines is 1. The second kappa shape index (κ2) is 6.34. The molecule has 5 nitrogen and oxygen atoms in total. The van der Waals surface area contributed by atoms with Gasteiger partial charge in [-0.05, 0) is 25.0 Å². The topological polar surface area (TPSA) is 53.9 Å². The van der Waals surface area contributed by atoms with Crippen molar-refractivity contribution in [2.75, 3.05) is 24.5 Å². The summed E-state index contributed by atoms with van der Waals surface area (Å²) in [5.41, 5.74) is 2.13. The molecule has 1 amide bonds. The van der Waals surface area contributed by atoms with Crippen LogP contribution in [0, 0.1) is 5.82 Å². The van der Waals surface area contributed by atoms with Gasteiger partial charge in [0.25, 0.3) is 0 Å². The van der Waals surface area contributed by atoms with Crippen LogP contribution < -0.4 is 10.2 Å². The highest BCUT2D eigenvalue weighted by Crippen LogP contribution is 2.26. The molecule has 1 N–H and O–H groups in total. The van der Waals surface area contributed by atoms with Gasteiger partial charge in [-0.15, -0.1) is 0 Å². The Morgan fingerprint density at radius 3 is 2.91 bits per heavy atom. The maximum Gasteiger partial charge on any atom is 0.217 e. The molecule has 3 rings (SSSR count). The number of halogens is 1. The summed E-state index contributed by atoms with van der Waals surface area (Å²) in [6, 6.07) is 5.23. The number of hydrogen-bond donors (Lipinski definition) is 1. The fraction of sp³-hybridized carbons (Fsp3) is 0.500. The fourth-order valence-corrected chi connectivity index (χ4v) is 2.87. The first-order chi connectivity index (χ1) is 10.6. The molecule has 1 fully saturated rings. The summed E-state index contributed by atoms with van der Waals surface area (Å²) in [5.74, 6) is -0.314. The molecule has 2 aliphatic heterocycles. The Kier molecular flexibility index (Phi) is 4.27. The first-order valence-corrected chi connectivity index (χ1v) is 7.65. The van der Waals surface area contributed by atoms with Crippen molar-refractivity contribution >= 4 is 17.3 Å². The second-order valence-electron chi connectivity index (χ2n) is 5.77. The molecule has 1 atom stereocenters. The summed E-state index contributed by atoms with van der Waals surface area (Å²) in [4.78, 5) is 18.3. The van der Waals surface area contributed by atoms with Gasteiger partial charge in [-0.3, -0.25) is 4.79 Å². The van der Waals surface area contributed by atoms with Crippen LogP contribution >= 0.6 is 0 Å². The van der Waals surface area contributed by atoms with E-state index in [2.05, 4.69) is 15.4 Å². The monoisotopic (exact) mass is 305 g/mol. The maximum absolute atomic E-state index is 14.3. The lowest BCUT2D eigenvalue weighted by Gasteiger charge is -2.18. The van der Waals surface area contributed by atoms with Crippen LogP contribution in [0.2, 0.25) is 0 Å². The molecule has 2 heterocycles. The van der Waals surface area contributed by atoms with Gasteiger partial charge < -0.3 is 15.1 Å². The molecule has 0 aromatic heterocycles. The molecule has 0 saturated carbocycles. The lowest BCUT2D eigenvalue weighted by Crippen LogP contribution is -2.30. The second-order valence-corrected chi connectivity index (χ2v) is 5.77. The molecular formula is C16H20FN3O2. The summed E-state index contributed by atoms with van der Waals surface area (Å²) in [6.07, 6.45) is 2.63. The largest absolute Gasteiger partial charge is 0.390 e. The van der Waals surface area contributed by atoms with Gasteiger partial charge in [0.05, 0.1) is 17.9 Å². The Hall–Kier alpha value is -2.11. The molecule has 1 aromatic carbocycles. The number of benzene rings is 1. The van der Waals surface area contributed by atoms with Gasteiger partial charge >= 0.3 is 0 Å². The summed E-state index contributed by atoms with van der Waals surface area (Å²) < 4.78 is 14.3. The van der Waals surface area contributed by atoms with Gasteiger partial charge in [-0.1, -0.05) is 11.2 Å². The molecule has 1 saturated heterocycles. The van der Waals surface area contributed by atoms with Crippen molar-refractivity contribution < 1.29 is 14.0 Å². The standard InChI is InChI=1S/C16H20FN3O2/c1-11(21)18-10-13-9-15(19-22-13)12-4-5-16(14(17)8-12)20-6-2-3-7-20/h4-5,8,13H,2-3,6-7,9-10H2,1H3,(H,18,21)/t13-/m1/s1. The van der Waals surface area contributed by atoms with E-state index in [4.69, 9.17) is 4.84 Å². The van der Waals surface area contributed by atoms with E-state index < -0.39 is 0 Å². The van der Waals surface area contributed by atoms with Gasteiger partial charge in [0.1, 0.15) is 11.9 Å². The first kappa shape index (κ1) is 14.8. The van der Waals surface area contributed by atoms with Gasteiger partial charge in [0, 0.05) is 32.0 Å². The van der Waals surface area contributed by atoms with Crippen molar-refractivity contribution in [3.05, 3.63) is 29.6 Å². The average Bonchev–Trinajstić information content (AvgIpc) is 3.16. The van der Waals surface area contributed by atoms with Gasteiger partial charge in [-0.25, -0.2) is 4.39 Å². The lowest BCUT2D eigenvalue weighted by molar-refractivity contribution is -0.119. The van der Waals surface area contributed by atoms with Crippen molar-refractivity contribution in [1.82, 2.24) is 5.32 Å². The molecule has 22 heavy (non-hydrogen) atoms. The summed E-state index contributed by atoms with van der Waals surface area (Å²) in [7, 11) is 0. The summed E-state index contributed by atoms with van der Waals surface area (Å²) >= 11 is 0. The minimum Gasteiger partial charge on any atom is -0.390 e. The highest BCUT2D eigenvalue weighted by molar-refractivity contribution is 6.01. The van der Waals surface area contributed by atoms with Gasteiger partial charge in [0.2, 0.25) is 5.91 Å². The SMILES string of the molecule is CC(=O)NC[C@H]1CC(c2ccc(N3CCCC3)c(F)c2)=NO1. The zero-order valence-corrected chi connectivity index (χ0v) is 12.6. The van der Waals surface area contributed by atoms with Gasteiger partial charge in [0.15, 0.2) is 0 Å². The highest BCUT2D eigenvalue weighted by Gasteiger charge is 2.24. The Balaban J connectivity index is 1.66. The Bertz CT molecular complexity index is 597. The van der Waals surface area contributed by atoms with E-state index in [1.807, 2.05) is 12.1 Å². The number of carbonyl (C=O) groups excluding carboxylic acids is 1. The third kappa shape index (κ3) is 3.21. The van der Waals surface area contributed by atoms with Crippen LogP contribution in [0.25, 0.3) is 0 Å². The lowest BCUT2D eigenvalue weighted by atomic mass is 10.0. The van der Waals surface area contributed by atoms with Gasteiger partial charge in [-0.2, -0.15) is 0 Å². The third-order valence-electron chi connectivity index (χ3n) is 4.04. The van der Waals surface area contributed by atoms with E-state index in [0.717, 1.165) is 37.2 Å². The first-order valence-electron chi connectivity index (χ1n) is 7.65. The van der Waals surface area contributed by atoms with E-state index in [-0.39, 0.29) is 17.8 Å². The van der Waals surface area contributed by atoms with Crippen LogP contribution in [0.5, 0.6) is 0 Å². The minimum absolute atomic E-state index is 0.0990. The molecule has 2 aliphatic rings. The average molecular weight is 305 g/mol. The van der Waals surface area contributed by atoms with E-state index in [1.54, 1.807) is 0 Å². The molecule has 0 aliphatic carbocycles. The van der Waals surface area contributed by atoms with Crippen LogP contribution in [0.15, 0.2) is 23.4 Å². The maximum atomic E-state index is 14.3. The summed E-state index contributed by atoms with van der Waals surface area (Å²) in [6.45, 7) is 3.71. The number of oxime groups is 1. The van der Waals surface area contributed by atoms with Crippen molar-refractivity contribution in [3.8, 4) is 0 Å². The Labute approximate surface area is 129 Å². The van der Waals surface area contributed by atoms with E-state index in [1.165, 1.54) is 13.0 Å². The van der Waals surface area contributed by atoms with E-state index in [0.29, 0.717) is 18.7 Å². The smallest absolute Gasteiger partial charge is 0.217 e. The van der Waals surface area contributed by atoms with Crippen molar-refractivity contribution in [3.63, 3.8) is 0 Å². The Morgan fingerprint density at radius 1 is 1.45 bits per heavy atom. The van der Waals surface area contributed by atoms with Crippen LogP contribution in [0.4, 0.5) is 10.1 Å². The van der Waals surface area contributed by atoms with Crippen LogP contribution in [0.3, 0.4) is 0 Å². The van der Waals surface area contributed by atoms with E-state index >= 15 is 0 Å². The Morgan fingerprint density at radius 2 is 2.23 bits per heavy atom. The highest BCUT2D eigenvalue weighted by atomic mass is 19.1. The zero-order chi connectivity index (χ0) is 15.5. The van der Waals surface area contributed by atoms with Crippen LogP contribution in [-0.2, 0) is 9.63 Å². The molecule has 6 heteroatoms. The fourth-order valence-electron chi connectivity index (χ4n) is 2.87. The number of carbonyl (C=O) groups is 1. The van der Waals surface area contributed by atoms with Crippen LogP contribution in [-0.4, -0.2) is 37.4 Å². The van der Waals surface area contributed by atoms with E-state index in [9.17, 15) is 9.18 Å². The molecule has 0 bridgehead atoms. The molecule has 0 spiro atoms. The third-order valence-corrected chi connectivity index (χ3v) is 4.04. The predicted molar refractivity (Wildman–Crippen MR) is 82.6 cm³/mol. The predicted octanol–water partition coefficient (Wildman–Crippen LogP) is 2.05. The quantitative estimate of drug-likeness (QED) is 0.926. The number of nitrogens with one attached hydrogen (secondary N) is 1. The zero-order valence-electron chi connectivity index (χ0n) is 12.6. The van der Waals surface area contributed by atoms with Crippen molar-refractivity contribution in [1.29, 1.82) is 0 Å². The number of rotatable bonds is 4. The minimum atomic E-state index is -0.215. The molecule has 118 valence electrons. The molecule has 0 radical (unpaired) electrons. The molecule has 1 aromatic rings. The number of nitrogens with zero attached hydrogens (tertiary/aromatic N) is 2. The van der Waals surface area contributed by atoms with Crippen LogP contribution in [0.1, 0.15) is 31.7 Å². The summed E-state index contributed by atoms with van der Waals surface area (Å²) in [5, 5.41) is 6.72. The van der Waals surface area contributed by atoms with Crippen molar-refractivity contribution in [2.45, 2.75) is 32.3 Å². The number of hydrogen-bond acceptors (Lipinski definition) is 4. The normalized spacial score (nSPS) is 20.7.